The second-order valence-electron chi connectivity index (χ2n) is 1.06. The van der Waals surface area contributed by atoms with Crippen LogP contribution in [-0.4, -0.2) is 13.1 Å². The van der Waals surface area contributed by atoms with Crippen LogP contribution in [0.4, 0.5) is 0 Å². The summed E-state index contributed by atoms with van der Waals surface area (Å²) in [6, 6.07) is 0. The van der Waals surface area contributed by atoms with Gasteiger partial charge in [0.2, 0.25) is 1.43 Å². The summed E-state index contributed by atoms with van der Waals surface area (Å²) in [6.07, 6.45) is 2.11. The summed E-state index contributed by atoms with van der Waals surface area (Å²) in [7, 11) is 0. The van der Waals surface area contributed by atoms with Crippen LogP contribution in [0.25, 0.3) is 0 Å². The first kappa shape index (κ1) is 3.16. The number of unbranched alkanes of at least 4 members (excludes halogenated alkanes) is 1. The Hall–Kier alpha value is -0.0400. The lowest BCUT2D eigenvalue weighted by Gasteiger charge is -1.79. The van der Waals surface area contributed by atoms with Gasteiger partial charge in [0, 0.05) is 6.61 Å². The molecule has 0 radical (unpaired) electrons. The molecule has 1 nitrogen and oxygen atoms in total. The van der Waals surface area contributed by atoms with Crippen molar-refractivity contribution in [3.05, 3.63) is 0 Å². The van der Waals surface area contributed by atoms with Gasteiger partial charge < -0.3 is 5.11 Å². The zero-order valence-corrected chi connectivity index (χ0v) is 3.53. The summed E-state index contributed by atoms with van der Waals surface area (Å²) < 4.78 is 6.21. The van der Waals surface area contributed by atoms with Crippen LogP contribution in [0.2, 0.25) is 0 Å². The van der Waals surface area contributed by atoms with E-state index in [1.54, 1.807) is 0 Å². The average Bonchev–Trinajstić information content (AvgIpc) is 1.61. The Morgan fingerprint density at radius 3 is 3.00 bits per heavy atom. The Bertz CT molecular complexity index is 19.5. The van der Waals surface area contributed by atoms with Crippen molar-refractivity contribution in [2.24, 2.45) is 0 Å². The molecule has 0 aromatic carbocycles. The number of rotatable bonds is 3. The van der Waals surface area contributed by atoms with Crippen LogP contribution < -0.4 is 0 Å². The summed E-state index contributed by atoms with van der Waals surface area (Å²) >= 11 is 0. The van der Waals surface area contributed by atoms with Gasteiger partial charge in [-0.3, -0.25) is 0 Å². The van der Waals surface area contributed by atoms with Gasteiger partial charge in [0.15, 0.2) is 0 Å². The van der Waals surface area contributed by atoms with Crippen LogP contribution >= 0.6 is 0 Å². The molecule has 0 aromatic heterocycles. The second kappa shape index (κ2) is 3.96. The molecule has 1 N–H and O–H groups in total. The molecule has 1 heteroatoms. The lowest BCUT2D eigenvalue weighted by Crippen LogP contribution is -1.75. The smallest absolute Gasteiger partial charge is 0.210 e. The molecule has 0 spiro atoms. The van der Waals surface area contributed by atoms with Gasteiger partial charge in [-0.05, 0) is 6.42 Å². The summed E-state index contributed by atoms with van der Waals surface area (Å²) in [5, 5.41) is 4.03. The lowest BCUT2D eigenvalue weighted by molar-refractivity contribution is 0.287. The van der Waals surface area contributed by atoms with E-state index in [1.807, 2.05) is 0 Å². The molecule has 0 aliphatic carbocycles. The first-order chi connectivity index (χ1) is 2.91. The number of hydrogen-bond acceptors (Lipinski definition) is 1. The van der Waals surface area contributed by atoms with Gasteiger partial charge in [-0.2, -0.15) is 0 Å². The molecular formula is C4H10O. The van der Waals surface area contributed by atoms with E-state index in [-0.39, 0.29) is 0 Å². The van der Waals surface area contributed by atoms with Crippen molar-refractivity contribution in [2.45, 2.75) is 19.8 Å². The lowest BCUT2D eigenvalue weighted by atomic mass is 10.4. The molecule has 32 valence electrons. The van der Waals surface area contributed by atoms with Crippen LogP contribution in [0.15, 0.2) is 0 Å². The molecule has 0 aromatic rings. The van der Waals surface area contributed by atoms with E-state index in [4.69, 9.17) is 1.43 Å². The van der Waals surface area contributed by atoms with E-state index in [0.717, 1.165) is 12.8 Å². The molecule has 0 fully saturated rings. The van der Waals surface area contributed by atoms with Crippen molar-refractivity contribution in [1.29, 1.82) is 1.43 Å². The van der Waals surface area contributed by atoms with E-state index in [9.17, 15) is 0 Å². The molecule has 0 amide bonds. The fraction of sp³-hybridized carbons (Fsp3) is 1.00. The zero-order valence-electron chi connectivity index (χ0n) is 4.53. The number of aliphatic hydroxyl groups excluding tert-OH is 1. The van der Waals surface area contributed by atoms with Crippen molar-refractivity contribution < 1.29 is 5.11 Å². The molecule has 0 bridgehead atoms. The van der Waals surface area contributed by atoms with E-state index in [0.29, 0.717) is 6.61 Å². The van der Waals surface area contributed by atoms with E-state index in [2.05, 4.69) is 12.0 Å². The van der Waals surface area contributed by atoms with E-state index >= 15 is 0 Å². The van der Waals surface area contributed by atoms with Crippen molar-refractivity contribution in [3.63, 3.8) is 0 Å². The molecule has 0 saturated heterocycles. The Morgan fingerprint density at radius 1 is 2.00 bits per heavy atom. The van der Waals surface area contributed by atoms with Crippen molar-refractivity contribution >= 4 is 0 Å². The van der Waals surface area contributed by atoms with Gasteiger partial charge in [0.1, 0.15) is 0 Å². The normalized spacial score (nSPS) is 11.0. The number of hydrogen-bond donors (Lipinski definition) is 1. The predicted octanol–water partition coefficient (Wildman–Crippen LogP) is 0.779. The van der Waals surface area contributed by atoms with Gasteiger partial charge in [-0.1, -0.05) is 13.3 Å². The van der Waals surface area contributed by atoms with Crippen LogP contribution in [0.3, 0.4) is 0 Å². The Kier molecular flexibility index (Phi) is 2.50. The molecular weight excluding hydrogens is 64.0 g/mol. The third-order valence-electron chi connectivity index (χ3n) is 0.498. The van der Waals surface area contributed by atoms with Crippen molar-refractivity contribution in [1.82, 2.24) is 0 Å². The standard InChI is InChI=1S/C4H10O/c1-2-3-4-5/h5H,2-4H2,1H3/i5D. The maximum atomic E-state index is 6.21. The second-order valence-corrected chi connectivity index (χ2v) is 1.06. The molecule has 0 aliphatic heterocycles. The molecule has 0 heterocycles. The van der Waals surface area contributed by atoms with Crippen molar-refractivity contribution in [2.75, 3.05) is 6.61 Å². The molecule has 5 heavy (non-hydrogen) atoms. The zero-order chi connectivity index (χ0) is 4.83. The number of aliphatic hydroxyl groups is 1. The molecule has 0 rings (SSSR count). The molecule has 0 aliphatic rings. The summed E-state index contributed by atoms with van der Waals surface area (Å²) in [4.78, 5) is 0. The van der Waals surface area contributed by atoms with Gasteiger partial charge in [0.05, 0.1) is 0 Å². The van der Waals surface area contributed by atoms with Gasteiger partial charge in [-0.25, -0.2) is 0 Å². The monoisotopic (exact) mass is 75.1 g/mol. The largest absolute Gasteiger partial charge is 0.396 e. The van der Waals surface area contributed by atoms with Crippen LogP contribution in [0.1, 0.15) is 19.8 Å². The van der Waals surface area contributed by atoms with Gasteiger partial charge >= 0.3 is 0 Å². The van der Waals surface area contributed by atoms with Crippen LogP contribution in [0, 0.1) is 0 Å². The highest BCUT2D eigenvalue weighted by atomic mass is 16.2. The fourth-order valence-electron chi connectivity index (χ4n) is 0.144. The molecule has 0 atom stereocenters. The first-order valence-corrected chi connectivity index (χ1v) is 2.00. The highest BCUT2D eigenvalue weighted by Crippen LogP contribution is 1.78. The average molecular weight is 75.1 g/mol. The maximum Gasteiger partial charge on any atom is 0.210 e. The maximum absolute atomic E-state index is 6.21. The molecule has 0 unspecified atom stereocenters. The topological polar surface area (TPSA) is 20.2 Å². The Labute approximate surface area is 34.1 Å². The SMILES string of the molecule is [2H]OCCCC. The Morgan fingerprint density at radius 2 is 2.80 bits per heavy atom. The third-order valence-corrected chi connectivity index (χ3v) is 0.498. The van der Waals surface area contributed by atoms with Crippen molar-refractivity contribution in [3.8, 4) is 0 Å². The van der Waals surface area contributed by atoms with E-state index in [1.165, 1.54) is 0 Å². The summed E-state index contributed by atoms with van der Waals surface area (Å²) in [5.74, 6) is 0. The quantitative estimate of drug-likeness (QED) is 0.491. The highest BCUT2D eigenvalue weighted by molar-refractivity contribution is 4.23. The van der Waals surface area contributed by atoms with Gasteiger partial charge in [0.25, 0.3) is 0 Å². The minimum absolute atomic E-state index is 0.580. The third kappa shape index (κ3) is 3.96. The Balaban J connectivity index is 2.34. The van der Waals surface area contributed by atoms with Gasteiger partial charge in [-0.15, -0.1) is 0 Å². The first-order valence-electron chi connectivity index (χ1n) is 2.40. The molecule has 0 saturated carbocycles. The highest BCUT2D eigenvalue weighted by Gasteiger charge is 1.69. The predicted molar refractivity (Wildman–Crippen MR) is 22.0 cm³/mol. The van der Waals surface area contributed by atoms with Crippen LogP contribution in [-0.2, 0) is 0 Å². The summed E-state index contributed by atoms with van der Waals surface area (Å²) in [5.41, 5.74) is 0. The van der Waals surface area contributed by atoms with Crippen LogP contribution in [0.5, 0.6) is 0 Å². The van der Waals surface area contributed by atoms with E-state index < -0.39 is 0 Å². The summed E-state index contributed by atoms with van der Waals surface area (Å²) in [6.45, 7) is 2.65. The fourth-order valence-corrected chi connectivity index (χ4v) is 0.144. The minimum atomic E-state index is 0.580. The minimum Gasteiger partial charge on any atom is -0.396 e.